The highest BCUT2D eigenvalue weighted by molar-refractivity contribution is 6.30. The van der Waals surface area contributed by atoms with Crippen LogP contribution >= 0.6 is 24.0 Å². The average molecular weight is 344 g/mol. The van der Waals surface area contributed by atoms with Gasteiger partial charge in [-0.15, -0.1) is 12.4 Å². The first-order valence-corrected chi connectivity index (χ1v) is 7.37. The normalized spacial score (nSPS) is 21.2. The van der Waals surface area contributed by atoms with Gasteiger partial charge in [0.2, 0.25) is 0 Å². The molecule has 0 amide bonds. The maximum atomic E-state index is 6.06. The standard InChI is InChI=1S/C15H18ClN3O2.ClH/c16-12-7-18-19(8-12)13-1-3-14(4-2-13)21-10-11-9-20-6-5-15(11)17;/h1-4,7-8,11,15H,5-6,9-10,17H2;1H. The van der Waals surface area contributed by atoms with E-state index in [-0.39, 0.29) is 24.4 Å². The number of hydrogen-bond acceptors (Lipinski definition) is 4. The number of benzene rings is 1. The molecule has 1 aromatic carbocycles. The molecule has 120 valence electrons. The van der Waals surface area contributed by atoms with Crippen LogP contribution in [0.5, 0.6) is 5.75 Å². The molecule has 1 aromatic heterocycles. The maximum Gasteiger partial charge on any atom is 0.119 e. The lowest BCUT2D eigenvalue weighted by atomic mass is 9.98. The highest BCUT2D eigenvalue weighted by Gasteiger charge is 2.22. The van der Waals surface area contributed by atoms with Crippen molar-refractivity contribution in [2.24, 2.45) is 11.7 Å². The maximum absolute atomic E-state index is 6.06. The van der Waals surface area contributed by atoms with Gasteiger partial charge >= 0.3 is 0 Å². The number of nitrogens with two attached hydrogens (primary N) is 1. The fraction of sp³-hybridized carbons (Fsp3) is 0.400. The van der Waals surface area contributed by atoms with Crippen LogP contribution in [0.3, 0.4) is 0 Å². The molecule has 2 heterocycles. The molecule has 2 N–H and O–H groups in total. The predicted molar refractivity (Wildman–Crippen MR) is 88.2 cm³/mol. The van der Waals surface area contributed by atoms with Gasteiger partial charge in [-0.05, 0) is 30.7 Å². The molecular formula is C15H19Cl2N3O2. The Kier molecular flexibility index (Phi) is 6.08. The minimum absolute atomic E-state index is 0. The van der Waals surface area contributed by atoms with Crippen LogP contribution in [0.1, 0.15) is 6.42 Å². The Morgan fingerprint density at radius 2 is 2.14 bits per heavy atom. The van der Waals surface area contributed by atoms with E-state index in [1.807, 2.05) is 24.3 Å². The summed E-state index contributed by atoms with van der Waals surface area (Å²) in [5, 5.41) is 4.77. The van der Waals surface area contributed by atoms with Gasteiger partial charge in [-0.1, -0.05) is 11.6 Å². The van der Waals surface area contributed by atoms with E-state index in [1.165, 1.54) is 0 Å². The van der Waals surface area contributed by atoms with Crippen LogP contribution in [-0.2, 0) is 4.74 Å². The van der Waals surface area contributed by atoms with Crippen LogP contribution in [-0.4, -0.2) is 35.6 Å². The van der Waals surface area contributed by atoms with E-state index in [9.17, 15) is 0 Å². The summed E-state index contributed by atoms with van der Waals surface area (Å²) in [6.07, 6.45) is 4.26. The second-order valence-corrected chi connectivity index (χ2v) is 5.63. The van der Waals surface area contributed by atoms with Crippen molar-refractivity contribution < 1.29 is 9.47 Å². The molecule has 2 atom stereocenters. The zero-order valence-electron chi connectivity index (χ0n) is 12.0. The molecular weight excluding hydrogens is 325 g/mol. The van der Waals surface area contributed by atoms with Crippen molar-refractivity contribution in [1.82, 2.24) is 9.78 Å². The van der Waals surface area contributed by atoms with Crippen LogP contribution in [0.4, 0.5) is 0 Å². The molecule has 1 aliphatic rings. The van der Waals surface area contributed by atoms with Crippen LogP contribution < -0.4 is 10.5 Å². The first-order chi connectivity index (χ1) is 10.2. The van der Waals surface area contributed by atoms with E-state index >= 15 is 0 Å². The van der Waals surface area contributed by atoms with Gasteiger partial charge in [0.1, 0.15) is 5.75 Å². The summed E-state index contributed by atoms with van der Waals surface area (Å²) in [5.74, 6) is 1.07. The largest absolute Gasteiger partial charge is 0.493 e. The minimum Gasteiger partial charge on any atom is -0.493 e. The number of rotatable bonds is 4. The number of nitrogens with zero attached hydrogens (tertiary/aromatic N) is 2. The molecule has 0 radical (unpaired) electrons. The Balaban J connectivity index is 0.00000176. The summed E-state index contributed by atoms with van der Waals surface area (Å²) in [6.45, 7) is 2.00. The van der Waals surface area contributed by atoms with Crippen LogP contribution in [0.2, 0.25) is 5.02 Å². The lowest BCUT2D eigenvalue weighted by molar-refractivity contribution is 0.0226. The average Bonchev–Trinajstić information content (AvgIpc) is 2.94. The highest BCUT2D eigenvalue weighted by Crippen LogP contribution is 2.19. The monoisotopic (exact) mass is 343 g/mol. The molecule has 22 heavy (non-hydrogen) atoms. The molecule has 2 unspecified atom stereocenters. The fourth-order valence-electron chi connectivity index (χ4n) is 2.33. The predicted octanol–water partition coefficient (Wildman–Crippen LogP) is 2.69. The highest BCUT2D eigenvalue weighted by atomic mass is 35.5. The first-order valence-electron chi connectivity index (χ1n) is 6.99. The third-order valence-electron chi connectivity index (χ3n) is 3.65. The summed E-state index contributed by atoms with van der Waals surface area (Å²) in [5.41, 5.74) is 7.00. The minimum atomic E-state index is 0. The lowest BCUT2D eigenvalue weighted by Gasteiger charge is -2.28. The van der Waals surface area contributed by atoms with E-state index in [0.717, 1.165) is 24.5 Å². The summed E-state index contributed by atoms with van der Waals surface area (Å²) in [7, 11) is 0. The van der Waals surface area contributed by atoms with E-state index in [1.54, 1.807) is 17.1 Å². The summed E-state index contributed by atoms with van der Waals surface area (Å²) in [6, 6.07) is 7.87. The van der Waals surface area contributed by atoms with Crippen molar-refractivity contribution >= 4 is 24.0 Å². The Labute approximate surface area is 140 Å². The third-order valence-corrected chi connectivity index (χ3v) is 3.84. The Morgan fingerprint density at radius 3 is 2.77 bits per heavy atom. The zero-order chi connectivity index (χ0) is 14.7. The number of aromatic nitrogens is 2. The molecule has 1 saturated heterocycles. The molecule has 1 fully saturated rings. The second-order valence-electron chi connectivity index (χ2n) is 5.20. The lowest BCUT2D eigenvalue weighted by Crippen LogP contribution is -2.41. The van der Waals surface area contributed by atoms with Crippen molar-refractivity contribution in [3.8, 4) is 11.4 Å². The quantitative estimate of drug-likeness (QED) is 0.926. The topological polar surface area (TPSA) is 62.3 Å². The molecule has 0 aliphatic carbocycles. The summed E-state index contributed by atoms with van der Waals surface area (Å²) < 4.78 is 13.0. The molecule has 1 aliphatic heterocycles. The van der Waals surface area contributed by atoms with Crippen LogP contribution in [0, 0.1) is 5.92 Å². The molecule has 5 nitrogen and oxygen atoms in total. The van der Waals surface area contributed by atoms with E-state index in [2.05, 4.69) is 5.10 Å². The number of ether oxygens (including phenoxy) is 2. The SMILES string of the molecule is Cl.NC1CCOCC1COc1ccc(-n2cc(Cl)cn2)cc1. The molecule has 2 aromatic rings. The number of hydrogen-bond donors (Lipinski definition) is 1. The molecule has 3 rings (SSSR count). The van der Waals surface area contributed by atoms with Crippen LogP contribution in [0.25, 0.3) is 5.69 Å². The van der Waals surface area contributed by atoms with E-state index in [4.69, 9.17) is 26.8 Å². The zero-order valence-corrected chi connectivity index (χ0v) is 13.6. The van der Waals surface area contributed by atoms with Crippen molar-refractivity contribution in [3.05, 3.63) is 41.7 Å². The van der Waals surface area contributed by atoms with Gasteiger partial charge in [0.25, 0.3) is 0 Å². The fourth-order valence-corrected chi connectivity index (χ4v) is 2.46. The van der Waals surface area contributed by atoms with Gasteiger partial charge in [0, 0.05) is 24.8 Å². The van der Waals surface area contributed by atoms with E-state index in [0.29, 0.717) is 18.2 Å². The Bertz CT molecular complexity index is 589. The summed E-state index contributed by atoms with van der Waals surface area (Å²) >= 11 is 5.86. The van der Waals surface area contributed by atoms with Gasteiger partial charge in [-0.3, -0.25) is 0 Å². The van der Waals surface area contributed by atoms with E-state index < -0.39 is 0 Å². The second kappa shape index (κ2) is 7.83. The molecule has 0 spiro atoms. The first kappa shape index (κ1) is 17.1. The van der Waals surface area contributed by atoms with Gasteiger partial charge in [-0.2, -0.15) is 5.10 Å². The Hall–Kier alpha value is -1.27. The van der Waals surface area contributed by atoms with Gasteiger partial charge in [-0.25, -0.2) is 4.68 Å². The van der Waals surface area contributed by atoms with Crippen molar-refractivity contribution in [2.75, 3.05) is 19.8 Å². The van der Waals surface area contributed by atoms with Gasteiger partial charge < -0.3 is 15.2 Å². The van der Waals surface area contributed by atoms with Crippen LogP contribution in [0.15, 0.2) is 36.7 Å². The van der Waals surface area contributed by atoms with Gasteiger partial charge in [0.15, 0.2) is 0 Å². The third kappa shape index (κ3) is 4.14. The smallest absolute Gasteiger partial charge is 0.119 e. The van der Waals surface area contributed by atoms with Crippen molar-refractivity contribution in [3.63, 3.8) is 0 Å². The van der Waals surface area contributed by atoms with Crippen molar-refractivity contribution in [2.45, 2.75) is 12.5 Å². The summed E-state index contributed by atoms with van der Waals surface area (Å²) in [4.78, 5) is 0. The molecule has 0 saturated carbocycles. The Morgan fingerprint density at radius 1 is 1.36 bits per heavy atom. The molecule has 0 bridgehead atoms. The number of halogens is 2. The van der Waals surface area contributed by atoms with Crippen molar-refractivity contribution in [1.29, 1.82) is 0 Å². The van der Waals surface area contributed by atoms with Gasteiger partial charge in [0.05, 0.1) is 30.1 Å². The molecule has 7 heteroatoms.